The van der Waals surface area contributed by atoms with Crippen LogP contribution in [0.2, 0.25) is 0 Å². The van der Waals surface area contributed by atoms with Gasteiger partial charge in [0, 0.05) is 0 Å². The normalized spacial score (nSPS) is 24.3. The molecule has 1 saturated carbocycles. The van der Waals surface area contributed by atoms with Crippen LogP contribution in [0.3, 0.4) is 0 Å². The van der Waals surface area contributed by atoms with Crippen molar-refractivity contribution < 1.29 is 4.39 Å². The van der Waals surface area contributed by atoms with E-state index in [1.807, 2.05) is 6.07 Å². The maximum Gasteiger partial charge on any atom is 0.126 e. The lowest BCUT2D eigenvalue weighted by Gasteiger charge is -2.29. The van der Waals surface area contributed by atoms with Crippen molar-refractivity contribution in [2.75, 3.05) is 0 Å². The Kier molecular flexibility index (Phi) is 6.73. The molecule has 1 atom stereocenters. The van der Waals surface area contributed by atoms with E-state index in [1.165, 1.54) is 73.6 Å². The minimum atomic E-state index is 0.0353. The fourth-order valence-corrected chi connectivity index (χ4v) is 5.64. The summed E-state index contributed by atoms with van der Waals surface area (Å²) in [5, 5.41) is 0. The highest BCUT2D eigenvalue weighted by Gasteiger charge is 2.25. The van der Waals surface area contributed by atoms with Crippen LogP contribution in [0.4, 0.5) is 4.39 Å². The summed E-state index contributed by atoms with van der Waals surface area (Å²) in [6, 6.07) is 13.2. The van der Waals surface area contributed by atoms with Crippen molar-refractivity contribution in [1.82, 2.24) is 0 Å². The topological polar surface area (TPSA) is 0 Å². The molecule has 0 spiro atoms. The van der Waals surface area contributed by atoms with Crippen molar-refractivity contribution in [3.63, 3.8) is 0 Å². The Labute approximate surface area is 176 Å². The maximum absolute atomic E-state index is 15.1. The fraction of sp³-hybridized carbons (Fsp3) is 0.571. The Morgan fingerprint density at radius 3 is 2.41 bits per heavy atom. The zero-order chi connectivity index (χ0) is 20.2. The summed E-state index contributed by atoms with van der Waals surface area (Å²) < 4.78 is 15.1. The average Bonchev–Trinajstić information content (AvgIpc) is 2.77. The SMILES string of the molecule is CCCCc1ccc2c(c1)CCC(c1ccc(C3CCC(CC)CC3)cc1F)C2. The number of aryl methyl sites for hydroxylation is 2. The van der Waals surface area contributed by atoms with Gasteiger partial charge in [0.25, 0.3) is 0 Å². The molecular formula is C28H37F. The van der Waals surface area contributed by atoms with Gasteiger partial charge in [0.15, 0.2) is 0 Å². The number of hydrogen-bond donors (Lipinski definition) is 0. The third-order valence-electron chi connectivity index (χ3n) is 7.68. The lowest BCUT2D eigenvalue weighted by molar-refractivity contribution is 0.318. The van der Waals surface area contributed by atoms with Crippen LogP contribution in [0.5, 0.6) is 0 Å². The number of fused-ring (bicyclic) bond motifs is 1. The molecule has 156 valence electrons. The maximum atomic E-state index is 15.1. The van der Waals surface area contributed by atoms with Gasteiger partial charge in [-0.2, -0.15) is 0 Å². The summed E-state index contributed by atoms with van der Waals surface area (Å²) in [6.07, 6.45) is 13.2. The molecule has 0 amide bonds. The van der Waals surface area contributed by atoms with Crippen molar-refractivity contribution in [3.05, 3.63) is 70.0 Å². The summed E-state index contributed by atoms with van der Waals surface area (Å²) in [6.45, 7) is 4.55. The van der Waals surface area contributed by atoms with Gasteiger partial charge in [0.1, 0.15) is 5.82 Å². The predicted molar refractivity (Wildman–Crippen MR) is 121 cm³/mol. The second-order valence-corrected chi connectivity index (χ2v) is 9.55. The standard InChI is InChI=1S/C28H37F/c1-3-5-6-21-9-12-24-18-26(14-13-23(24)17-21)27-16-15-25(19-28(27)29)22-10-7-20(4-2)8-11-22/h9,12,15-17,19-20,22,26H,3-8,10-11,13-14,18H2,1-2H3. The highest BCUT2D eigenvalue weighted by Crippen LogP contribution is 2.39. The first-order valence-corrected chi connectivity index (χ1v) is 12.1. The van der Waals surface area contributed by atoms with Crippen LogP contribution in [-0.2, 0) is 19.3 Å². The lowest BCUT2D eigenvalue weighted by atomic mass is 9.76. The first kappa shape index (κ1) is 20.6. The fourth-order valence-electron chi connectivity index (χ4n) is 5.64. The molecule has 4 rings (SSSR count). The number of unbranched alkanes of at least 4 members (excludes halogenated alkanes) is 1. The van der Waals surface area contributed by atoms with Crippen LogP contribution >= 0.6 is 0 Å². The van der Waals surface area contributed by atoms with E-state index in [4.69, 9.17) is 0 Å². The predicted octanol–water partition coefficient (Wildman–Crippen LogP) is 8.12. The highest BCUT2D eigenvalue weighted by molar-refractivity contribution is 5.38. The molecule has 0 nitrogen and oxygen atoms in total. The first-order chi connectivity index (χ1) is 14.2. The summed E-state index contributed by atoms with van der Waals surface area (Å²) in [5.74, 6) is 1.82. The molecule has 0 bridgehead atoms. The zero-order valence-corrected chi connectivity index (χ0v) is 18.4. The van der Waals surface area contributed by atoms with E-state index < -0.39 is 0 Å². The van der Waals surface area contributed by atoms with Gasteiger partial charge >= 0.3 is 0 Å². The van der Waals surface area contributed by atoms with Gasteiger partial charge in [-0.15, -0.1) is 0 Å². The van der Waals surface area contributed by atoms with E-state index >= 15 is 4.39 Å². The first-order valence-electron chi connectivity index (χ1n) is 12.1. The molecule has 0 saturated heterocycles. The Morgan fingerprint density at radius 1 is 0.862 bits per heavy atom. The summed E-state index contributed by atoms with van der Waals surface area (Å²) in [5.41, 5.74) is 6.58. The third-order valence-corrected chi connectivity index (χ3v) is 7.68. The van der Waals surface area contributed by atoms with Crippen LogP contribution in [0, 0.1) is 11.7 Å². The van der Waals surface area contributed by atoms with Crippen molar-refractivity contribution >= 4 is 0 Å². The Balaban J connectivity index is 1.44. The quantitative estimate of drug-likeness (QED) is 0.465. The van der Waals surface area contributed by atoms with Crippen LogP contribution in [-0.4, -0.2) is 0 Å². The van der Waals surface area contributed by atoms with Crippen molar-refractivity contribution in [3.8, 4) is 0 Å². The van der Waals surface area contributed by atoms with E-state index in [1.54, 1.807) is 0 Å². The van der Waals surface area contributed by atoms with Crippen LogP contribution in [0.1, 0.15) is 105 Å². The zero-order valence-electron chi connectivity index (χ0n) is 18.4. The Bertz CT molecular complexity index is 813. The van der Waals surface area contributed by atoms with Gasteiger partial charge in [-0.3, -0.25) is 0 Å². The van der Waals surface area contributed by atoms with Crippen molar-refractivity contribution in [2.45, 2.75) is 96.3 Å². The van der Waals surface area contributed by atoms with E-state index in [0.29, 0.717) is 11.8 Å². The minimum Gasteiger partial charge on any atom is -0.207 e. The molecule has 1 fully saturated rings. The number of rotatable bonds is 6. The molecule has 2 aromatic carbocycles. The van der Waals surface area contributed by atoms with E-state index in [2.05, 4.69) is 44.2 Å². The molecule has 0 N–H and O–H groups in total. The van der Waals surface area contributed by atoms with Gasteiger partial charge in [0.05, 0.1) is 0 Å². The summed E-state index contributed by atoms with van der Waals surface area (Å²) >= 11 is 0. The Hall–Kier alpha value is -1.63. The molecule has 1 unspecified atom stereocenters. The van der Waals surface area contributed by atoms with Crippen LogP contribution < -0.4 is 0 Å². The average molecular weight is 393 g/mol. The van der Waals surface area contributed by atoms with E-state index in [0.717, 1.165) is 30.7 Å². The van der Waals surface area contributed by atoms with Gasteiger partial charge in [0.2, 0.25) is 0 Å². The molecule has 2 aliphatic carbocycles. The number of halogens is 1. The molecular weight excluding hydrogens is 355 g/mol. The van der Waals surface area contributed by atoms with Crippen molar-refractivity contribution in [1.29, 1.82) is 0 Å². The smallest absolute Gasteiger partial charge is 0.126 e. The van der Waals surface area contributed by atoms with Crippen LogP contribution in [0.15, 0.2) is 36.4 Å². The molecule has 0 heterocycles. The van der Waals surface area contributed by atoms with Gasteiger partial charge in [-0.25, -0.2) is 4.39 Å². The molecule has 1 heteroatoms. The third kappa shape index (κ3) is 4.76. The van der Waals surface area contributed by atoms with E-state index in [9.17, 15) is 0 Å². The van der Waals surface area contributed by atoms with Gasteiger partial charge < -0.3 is 0 Å². The largest absolute Gasteiger partial charge is 0.207 e. The van der Waals surface area contributed by atoms with Crippen LogP contribution in [0.25, 0.3) is 0 Å². The van der Waals surface area contributed by atoms with Gasteiger partial charge in [-0.05, 0) is 109 Å². The molecule has 0 aliphatic heterocycles. The Morgan fingerprint density at radius 2 is 1.69 bits per heavy atom. The molecule has 2 aromatic rings. The summed E-state index contributed by atoms with van der Waals surface area (Å²) in [7, 11) is 0. The van der Waals surface area contributed by atoms with Gasteiger partial charge in [-0.1, -0.05) is 57.0 Å². The molecule has 2 aliphatic rings. The lowest BCUT2D eigenvalue weighted by Crippen LogP contribution is -2.16. The van der Waals surface area contributed by atoms with Crippen molar-refractivity contribution in [2.24, 2.45) is 5.92 Å². The highest BCUT2D eigenvalue weighted by atomic mass is 19.1. The molecule has 0 radical (unpaired) electrons. The monoisotopic (exact) mass is 392 g/mol. The second-order valence-electron chi connectivity index (χ2n) is 9.55. The number of hydrogen-bond acceptors (Lipinski definition) is 0. The van der Waals surface area contributed by atoms with E-state index in [-0.39, 0.29) is 5.82 Å². The minimum absolute atomic E-state index is 0.0353. The second kappa shape index (κ2) is 9.45. The summed E-state index contributed by atoms with van der Waals surface area (Å²) in [4.78, 5) is 0. The number of benzene rings is 2. The molecule has 29 heavy (non-hydrogen) atoms. The molecule has 0 aromatic heterocycles.